The van der Waals surface area contributed by atoms with Gasteiger partial charge in [0.05, 0.1) is 0 Å². The van der Waals surface area contributed by atoms with Gasteiger partial charge in [-0.2, -0.15) is 0 Å². The molecule has 0 aliphatic carbocycles. The van der Waals surface area contributed by atoms with E-state index in [1.807, 2.05) is 0 Å². The predicted molar refractivity (Wildman–Crippen MR) is 184 cm³/mol. The maximum Gasteiger partial charge on any atom is 0.123 e. The summed E-state index contributed by atoms with van der Waals surface area (Å²) < 4.78 is 0. The Morgan fingerprint density at radius 3 is 1.57 bits per heavy atom. The number of hydrogen-bond donors (Lipinski definition) is 1. The Bertz CT molecular complexity index is 1070. The van der Waals surface area contributed by atoms with Gasteiger partial charge in [-0.05, 0) is 147 Å². The van der Waals surface area contributed by atoms with E-state index in [1.54, 1.807) is 5.56 Å². The summed E-state index contributed by atoms with van der Waals surface area (Å²) in [6, 6.07) is 2.51. The van der Waals surface area contributed by atoms with Crippen molar-refractivity contribution in [2.45, 2.75) is 194 Å². The minimum absolute atomic E-state index is 0.0770. The topological polar surface area (TPSA) is 26.7 Å². The molecule has 3 heteroatoms. The molecule has 0 bridgehead atoms. The Morgan fingerprint density at radius 1 is 0.762 bits per heavy atom. The monoisotopic (exact) mass is 583 g/mol. The van der Waals surface area contributed by atoms with Crippen LogP contribution in [0.4, 0.5) is 0 Å². The summed E-state index contributed by atoms with van der Waals surface area (Å²) in [5.74, 6) is 2.06. The SMILES string of the molecule is CCCCC(c1cc(C(C)(C)C)c(O)c(C(C)(C)C)c1C1CC(C)(C)N(C)C(C)(C)C1)C1CC(C)(C)N(C)C(C)(C)C1. The molecule has 2 aliphatic rings. The lowest BCUT2D eigenvalue weighted by Gasteiger charge is -2.56. The third-order valence-electron chi connectivity index (χ3n) is 11.8. The van der Waals surface area contributed by atoms with Crippen LogP contribution in [-0.2, 0) is 10.8 Å². The van der Waals surface area contributed by atoms with Crippen molar-refractivity contribution in [3.05, 3.63) is 28.3 Å². The van der Waals surface area contributed by atoms with E-state index in [4.69, 9.17) is 0 Å². The first-order valence-electron chi connectivity index (χ1n) is 17.2. The van der Waals surface area contributed by atoms with Crippen LogP contribution in [-0.4, -0.2) is 51.2 Å². The second-order valence-electron chi connectivity index (χ2n) is 19.0. The number of aromatic hydroxyl groups is 1. The molecule has 3 rings (SSSR count). The highest BCUT2D eigenvalue weighted by molar-refractivity contribution is 5.58. The highest BCUT2D eigenvalue weighted by Gasteiger charge is 2.49. The first kappa shape index (κ1) is 35.4. The van der Waals surface area contributed by atoms with Crippen LogP contribution in [0, 0.1) is 5.92 Å². The quantitative estimate of drug-likeness (QED) is 0.361. The largest absolute Gasteiger partial charge is 0.507 e. The second-order valence-corrected chi connectivity index (χ2v) is 19.0. The second kappa shape index (κ2) is 11.4. The van der Waals surface area contributed by atoms with Gasteiger partial charge >= 0.3 is 0 Å². The molecule has 242 valence electrons. The number of unbranched alkanes of at least 4 members (excludes halogenated alkanes) is 1. The van der Waals surface area contributed by atoms with E-state index in [-0.39, 0.29) is 33.0 Å². The number of likely N-dealkylation sites (tertiary alicyclic amines) is 2. The Hall–Kier alpha value is -1.06. The molecular formula is C39H70N2O. The first-order valence-corrected chi connectivity index (χ1v) is 17.2. The van der Waals surface area contributed by atoms with E-state index in [0.717, 1.165) is 18.4 Å². The van der Waals surface area contributed by atoms with E-state index in [9.17, 15) is 5.11 Å². The Labute approximate surface area is 262 Å². The molecule has 42 heavy (non-hydrogen) atoms. The molecule has 1 unspecified atom stereocenters. The van der Waals surface area contributed by atoms with Crippen molar-refractivity contribution < 1.29 is 5.11 Å². The van der Waals surface area contributed by atoms with Crippen molar-refractivity contribution in [2.75, 3.05) is 14.1 Å². The van der Waals surface area contributed by atoms with Gasteiger partial charge in [-0.1, -0.05) is 67.4 Å². The van der Waals surface area contributed by atoms with Crippen LogP contribution >= 0.6 is 0 Å². The summed E-state index contributed by atoms with van der Waals surface area (Å²) in [5.41, 5.74) is 5.56. The summed E-state index contributed by atoms with van der Waals surface area (Å²) in [4.78, 5) is 5.24. The fourth-order valence-electron chi connectivity index (χ4n) is 9.16. The van der Waals surface area contributed by atoms with E-state index < -0.39 is 0 Å². The minimum Gasteiger partial charge on any atom is -0.507 e. The van der Waals surface area contributed by atoms with E-state index in [2.05, 4.69) is 134 Å². The Morgan fingerprint density at radius 2 is 1.19 bits per heavy atom. The summed E-state index contributed by atoms with van der Waals surface area (Å²) in [6.07, 6.45) is 8.34. The van der Waals surface area contributed by atoms with Crippen LogP contribution < -0.4 is 0 Å². The summed E-state index contributed by atoms with van der Waals surface area (Å²) >= 11 is 0. The first-order chi connectivity index (χ1) is 18.8. The maximum absolute atomic E-state index is 12.3. The number of hydrogen-bond acceptors (Lipinski definition) is 3. The molecule has 2 aliphatic heterocycles. The van der Waals surface area contributed by atoms with Crippen LogP contribution in [0.3, 0.4) is 0 Å². The lowest BCUT2D eigenvalue weighted by atomic mass is 9.61. The van der Waals surface area contributed by atoms with Gasteiger partial charge in [0.2, 0.25) is 0 Å². The maximum atomic E-state index is 12.3. The number of nitrogens with zero attached hydrogens (tertiary/aromatic N) is 2. The molecule has 0 saturated carbocycles. The molecule has 2 heterocycles. The lowest BCUT2D eigenvalue weighted by molar-refractivity contribution is -0.0373. The van der Waals surface area contributed by atoms with Crippen molar-refractivity contribution in [2.24, 2.45) is 5.92 Å². The molecule has 2 fully saturated rings. The number of piperidine rings is 2. The molecule has 0 spiro atoms. The van der Waals surface area contributed by atoms with Crippen LogP contribution in [0.25, 0.3) is 0 Å². The summed E-state index contributed by atoms with van der Waals surface area (Å²) in [6.45, 7) is 35.7. The van der Waals surface area contributed by atoms with Gasteiger partial charge in [0.25, 0.3) is 0 Å². The fourth-order valence-corrected chi connectivity index (χ4v) is 9.16. The van der Waals surface area contributed by atoms with Crippen LogP contribution in [0.1, 0.15) is 183 Å². The zero-order chi connectivity index (χ0) is 32.4. The highest BCUT2D eigenvalue weighted by Crippen LogP contribution is 2.56. The van der Waals surface area contributed by atoms with Crippen molar-refractivity contribution in [1.29, 1.82) is 0 Å². The molecule has 1 atom stereocenters. The van der Waals surface area contributed by atoms with E-state index >= 15 is 0 Å². The summed E-state index contributed by atoms with van der Waals surface area (Å²) in [7, 11) is 4.65. The Kier molecular flexibility index (Phi) is 9.60. The molecular weight excluding hydrogens is 512 g/mol. The molecule has 1 N–H and O–H groups in total. The molecule has 3 nitrogen and oxygen atoms in total. The zero-order valence-corrected chi connectivity index (χ0v) is 31.1. The van der Waals surface area contributed by atoms with Gasteiger partial charge in [-0.15, -0.1) is 0 Å². The van der Waals surface area contributed by atoms with Gasteiger partial charge in [0.1, 0.15) is 5.75 Å². The molecule has 0 amide bonds. The van der Waals surface area contributed by atoms with Crippen molar-refractivity contribution in [3.63, 3.8) is 0 Å². The smallest absolute Gasteiger partial charge is 0.123 e. The van der Waals surface area contributed by atoms with E-state index in [0.29, 0.717) is 23.5 Å². The molecule has 1 aromatic rings. The average molecular weight is 583 g/mol. The van der Waals surface area contributed by atoms with Crippen molar-refractivity contribution in [3.8, 4) is 5.75 Å². The van der Waals surface area contributed by atoms with Crippen LogP contribution in [0.5, 0.6) is 5.75 Å². The van der Waals surface area contributed by atoms with Gasteiger partial charge in [-0.3, -0.25) is 9.80 Å². The van der Waals surface area contributed by atoms with Gasteiger partial charge < -0.3 is 5.11 Å². The third kappa shape index (κ3) is 6.78. The third-order valence-corrected chi connectivity index (χ3v) is 11.8. The normalized spacial score (nSPS) is 24.6. The summed E-state index contributed by atoms with van der Waals surface area (Å²) in [5, 5.41) is 12.3. The van der Waals surface area contributed by atoms with Gasteiger partial charge in [0, 0.05) is 27.7 Å². The number of phenols is 1. The number of rotatable bonds is 6. The molecule has 2 saturated heterocycles. The standard InChI is InChI=1S/C39H70N2O/c1-18-19-20-28(26-22-36(8,9)40(16)37(10,11)23-26)29-21-30(34(2,3)4)33(42)32(35(5,6)7)31(29)27-24-38(12,13)41(17)39(14,15)25-27/h21,26-28,42H,18-20,22-25H2,1-17H3. The molecule has 1 aromatic carbocycles. The van der Waals surface area contributed by atoms with Gasteiger partial charge in [0.15, 0.2) is 0 Å². The highest BCUT2D eigenvalue weighted by atomic mass is 16.3. The zero-order valence-electron chi connectivity index (χ0n) is 31.1. The lowest BCUT2D eigenvalue weighted by Crippen LogP contribution is -2.59. The van der Waals surface area contributed by atoms with E-state index in [1.165, 1.54) is 43.2 Å². The van der Waals surface area contributed by atoms with Gasteiger partial charge in [-0.25, -0.2) is 0 Å². The van der Waals surface area contributed by atoms with Crippen LogP contribution in [0.2, 0.25) is 0 Å². The molecule has 0 aromatic heterocycles. The minimum atomic E-state index is -0.159. The average Bonchev–Trinajstić information content (AvgIpc) is 2.79. The van der Waals surface area contributed by atoms with Crippen molar-refractivity contribution >= 4 is 0 Å². The van der Waals surface area contributed by atoms with Crippen LogP contribution in [0.15, 0.2) is 6.07 Å². The predicted octanol–water partition coefficient (Wildman–Crippen LogP) is 10.5. The fraction of sp³-hybridized carbons (Fsp3) is 0.846. The van der Waals surface area contributed by atoms with Crippen molar-refractivity contribution in [1.82, 2.24) is 9.80 Å². The Balaban J connectivity index is 2.44. The number of phenolic OH excluding ortho intramolecular Hbond substituents is 1. The number of benzene rings is 1. The molecule has 0 radical (unpaired) electrons.